The third kappa shape index (κ3) is 3.40. The normalized spacial score (nSPS) is 10.3. The standard InChI is InChI=1S/C12H16N4OS/c1-3-17-11-9-13-8-10(15-11)16(2)6-4-12-14-5-7-18-12/h5,7-9H,3-4,6H2,1-2H3. The Morgan fingerprint density at radius 2 is 2.28 bits per heavy atom. The summed E-state index contributed by atoms with van der Waals surface area (Å²) < 4.78 is 5.34. The Bertz CT molecular complexity index is 475. The third-order valence-corrected chi connectivity index (χ3v) is 3.27. The van der Waals surface area contributed by atoms with Gasteiger partial charge in [0, 0.05) is 31.6 Å². The van der Waals surface area contributed by atoms with Gasteiger partial charge in [0.25, 0.3) is 0 Å². The van der Waals surface area contributed by atoms with Crippen LogP contribution in [0.15, 0.2) is 24.0 Å². The first-order valence-electron chi connectivity index (χ1n) is 5.84. The van der Waals surface area contributed by atoms with Crippen LogP contribution in [0.2, 0.25) is 0 Å². The van der Waals surface area contributed by atoms with E-state index in [0.717, 1.165) is 23.8 Å². The monoisotopic (exact) mass is 264 g/mol. The number of thiazole rings is 1. The predicted molar refractivity (Wildman–Crippen MR) is 72.3 cm³/mol. The molecule has 2 rings (SSSR count). The van der Waals surface area contributed by atoms with Crippen molar-refractivity contribution < 1.29 is 4.74 Å². The molecule has 96 valence electrons. The maximum Gasteiger partial charge on any atom is 0.234 e. The SMILES string of the molecule is CCOc1cncc(N(C)CCc2nccs2)n1. The third-order valence-electron chi connectivity index (χ3n) is 2.43. The second kappa shape index (κ2) is 6.30. The van der Waals surface area contributed by atoms with E-state index in [1.807, 2.05) is 25.5 Å². The van der Waals surface area contributed by atoms with Crippen molar-refractivity contribution >= 4 is 17.2 Å². The van der Waals surface area contributed by atoms with Crippen LogP contribution in [0.3, 0.4) is 0 Å². The highest BCUT2D eigenvalue weighted by Gasteiger charge is 2.06. The lowest BCUT2D eigenvalue weighted by atomic mass is 10.4. The molecule has 0 bridgehead atoms. The van der Waals surface area contributed by atoms with Crippen LogP contribution in [0.5, 0.6) is 5.88 Å². The summed E-state index contributed by atoms with van der Waals surface area (Å²) in [7, 11) is 1.99. The number of hydrogen-bond donors (Lipinski definition) is 0. The van der Waals surface area contributed by atoms with Gasteiger partial charge in [0.1, 0.15) is 0 Å². The molecular formula is C12H16N4OS. The van der Waals surface area contributed by atoms with Crippen molar-refractivity contribution in [2.75, 3.05) is 25.1 Å². The second-order valence-corrected chi connectivity index (χ2v) is 4.73. The highest BCUT2D eigenvalue weighted by atomic mass is 32.1. The van der Waals surface area contributed by atoms with E-state index in [4.69, 9.17) is 4.74 Å². The van der Waals surface area contributed by atoms with E-state index >= 15 is 0 Å². The first-order chi connectivity index (χ1) is 8.79. The molecule has 18 heavy (non-hydrogen) atoms. The molecule has 0 atom stereocenters. The zero-order chi connectivity index (χ0) is 12.8. The number of ether oxygens (including phenoxy) is 1. The molecule has 2 aromatic rings. The number of aromatic nitrogens is 3. The average molecular weight is 264 g/mol. The number of hydrogen-bond acceptors (Lipinski definition) is 6. The zero-order valence-electron chi connectivity index (χ0n) is 10.5. The molecule has 0 N–H and O–H groups in total. The van der Waals surface area contributed by atoms with Gasteiger partial charge in [-0.25, -0.2) is 4.98 Å². The first kappa shape index (κ1) is 12.8. The lowest BCUT2D eigenvalue weighted by Gasteiger charge is -2.17. The van der Waals surface area contributed by atoms with E-state index in [0.29, 0.717) is 12.5 Å². The molecule has 0 saturated heterocycles. The van der Waals surface area contributed by atoms with E-state index in [1.165, 1.54) is 0 Å². The molecular weight excluding hydrogens is 248 g/mol. The van der Waals surface area contributed by atoms with Gasteiger partial charge in [0.2, 0.25) is 5.88 Å². The molecule has 0 aliphatic carbocycles. The Balaban J connectivity index is 1.95. The van der Waals surface area contributed by atoms with Crippen molar-refractivity contribution in [3.8, 4) is 5.88 Å². The second-order valence-electron chi connectivity index (χ2n) is 3.75. The Morgan fingerprint density at radius 3 is 3.00 bits per heavy atom. The fourth-order valence-electron chi connectivity index (χ4n) is 1.49. The van der Waals surface area contributed by atoms with Crippen LogP contribution in [-0.4, -0.2) is 35.2 Å². The van der Waals surface area contributed by atoms with E-state index in [1.54, 1.807) is 23.7 Å². The van der Waals surface area contributed by atoms with Gasteiger partial charge in [-0.15, -0.1) is 11.3 Å². The zero-order valence-corrected chi connectivity index (χ0v) is 11.4. The summed E-state index contributed by atoms with van der Waals surface area (Å²) in [5.41, 5.74) is 0. The van der Waals surface area contributed by atoms with E-state index in [9.17, 15) is 0 Å². The molecule has 0 amide bonds. The van der Waals surface area contributed by atoms with E-state index in [-0.39, 0.29) is 0 Å². The first-order valence-corrected chi connectivity index (χ1v) is 6.72. The van der Waals surface area contributed by atoms with Crippen LogP contribution in [0.1, 0.15) is 11.9 Å². The van der Waals surface area contributed by atoms with Crippen molar-refractivity contribution in [1.82, 2.24) is 15.0 Å². The quantitative estimate of drug-likeness (QED) is 0.799. The van der Waals surface area contributed by atoms with Crippen molar-refractivity contribution in [3.63, 3.8) is 0 Å². The summed E-state index contributed by atoms with van der Waals surface area (Å²) in [6, 6.07) is 0. The van der Waals surface area contributed by atoms with Crippen LogP contribution in [0.4, 0.5) is 5.82 Å². The topological polar surface area (TPSA) is 51.1 Å². The summed E-state index contributed by atoms with van der Waals surface area (Å²) in [5, 5.41) is 3.13. The summed E-state index contributed by atoms with van der Waals surface area (Å²) in [6.45, 7) is 3.39. The lowest BCUT2D eigenvalue weighted by Crippen LogP contribution is -2.21. The van der Waals surface area contributed by atoms with Crippen molar-refractivity contribution in [1.29, 1.82) is 0 Å². The summed E-state index contributed by atoms with van der Waals surface area (Å²) in [5.74, 6) is 1.38. The number of nitrogens with zero attached hydrogens (tertiary/aromatic N) is 4. The number of likely N-dealkylation sites (N-methyl/N-ethyl adjacent to an activating group) is 1. The fourth-order valence-corrected chi connectivity index (χ4v) is 2.10. The van der Waals surface area contributed by atoms with E-state index < -0.39 is 0 Å². The maximum absolute atomic E-state index is 5.34. The highest BCUT2D eigenvalue weighted by molar-refractivity contribution is 7.09. The molecule has 2 heterocycles. The van der Waals surface area contributed by atoms with E-state index in [2.05, 4.69) is 19.9 Å². The van der Waals surface area contributed by atoms with Crippen LogP contribution >= 0.6 is 11.3 Å². The van der Waals surface area contributed by atoms with Gasteiger partial charge in [-0.1, -0.05) is 0 Å². The smallest absolute Gasteiger partial charge is 0.234 e. The molecule has 0 radical (unpaired) electrons. The molecule has 0 unspecified atom stereocenters. The van der Waals surface area contributed by atoms with Gasteiger partial charge in [-0.2, -0.15) is 4.98 Å². The largest absolute Gasteiger partial charge is 0.477 e. The minimum absolute atomic E-state index is 0.566. The predicted octanol–water partition coefficient (Wildman–Crippen LogP) is 2.01. The Kier molecular flexibility index (Phi) is 4.46. The molecule has 6 heteroatoms. The molecule has 5 nitrogen and oxygen atoms in total. The number of rotatable bonds is 6. The van der Waals surface area contributed by atoms with Gasteiger partial charge in [0.15, 0.2) is 5.82 Å². The van der Waals surface area contributed by atoms with Gasteiger partial charge >= 0.3 is 0 Å². The minimum Gasteiger partial charge on any atom is -0.477 e. The molecule has 0 aliphatic rings. The highest BCUT2D eigenvalue weighted by Crippen LogP contribution is 2.13. The fraction of sp³-hybridized carbons (Fsp3) is 0.417. The van der Waals surface area contributed by atoms with Crippen molar-refractivity contribution in [3.05, 3.63) is 29.0 Å². The van der Waals surface area contributed by atoms with Gasteiger partial charge in [-0.05, 0) is 6.92 Å². The van der Waals surface area contributed by atoms with Crippen molar-refractivity contribution in [2.24, 2.45) is 0 Å². The Hall–Kier alpha value is -1.69. The molecule has 0 fully saturated rings. The molecule has 0 aliphatic heterocycles. The Morgan fingerprint density at radius 1 is 1.39 bits per heavy atom. The molecule has 0 aromatic carbocycles. The molecule has 0 spiro atoms. The van der Waals surface area contributed by atoms with Crippen LogP contribution < -0.4 is 9.64 Å². The number of anilines is 1. The molecule has 0 saturated carbocycles. The molecule has 2 aromatic heterocycles. The van der Waals surface area contributed by atoms with Crippen LogP contribution in [-0.2, 0) is 6.42 Å². The summed E-state index contributed by atoms with van der Waals surface area (Å²) in [6.07, 6.45) is 6.11. The van der Waals surface area contributed by atoms with Crippen molar-refractivity contribution in [2.45, 2.75) is 13.3 Å². The van der Waals surface area contributed by atoms with Crippen LogP contribution in [0.25, 0.3) is 0 Å². The maximum atomic E-state index is 5.34. The average Bonchev–Trinajstić information content (AvgIpc) is 2.90. The Labute approximate surface area is 110 Å². The minimum atomic E-state index is 0.566. The van der Waals surface area contributed by atoms with Gasteiger partial charge in [-0.3, -0.25) is 4.98 Å². The summed E-state index contributed by atoms with van der Waals surface area (Å²) in [4.78, 5) is 14.8. The van der Waals surface area contributed by atoms with Crippen LogP contribution in [0, 0.1) is 0 Å². The van der Waals surface area contributed by atoms with Gasteiger partial charge in [0.05, 0.1) is 24.0 Å². The summed E-state index contributed by atoms with van der Waals surface area (Å²) >= 11 is 1.67. The lowest BCUT2D eigenvalue weighted by molar-refractivity contribution is 0.325. The van der Waals surface area contributed by atoms with Gasteiger partial charge < -0.3 is 9.64 Å².